The molecule has 0 spiro atoms. The molecule has 0 aliphatic heterocycles. The third-order valence-corrected chi connectivity index (χ3v) is 4.68. The molecule has 108 valence electrons. The fourth-order valence-corrected chi connectivity index (χ4v) is 3.48. The second kappa shape index (κ2) is 9.10. The van der Waals surface area contributed by atoms with Crippen molar-refractivity contribution in [2.75, 3.05) is 0 Å². The maximum absolute atomic E-state index is 2.33. The topological polar surface area (TPSA) is 0 Å². The summed E-state index contributed by atoms with van der Waals surface area (Å²) in [6.07, 6.45) is 6.19. The summed E-state index contributed by atoms with van der Waals surface area (Å²) < 4.78 is 0. The van der Waals surface area contributed by atoms with Gasteiger partial charge in [0.2, 0.25) is 0 Å². The molecule has 0 heterocycles. The molecular formula is C18H30B2. The Balaban J connectivity index is 3.40. The molecule has 0 N–H and O–H groups in total. The van der Waals surface area contributed by atoms with Gasteiger partial charge in [-0.2, -0.15) is 0 Å². The Bertz CT molecular complexity index is 401. The number of allylic oxidation sites excluding steroid dienone is 1. The highest BCUT2D eigenvalue weighted by Crippen LogP contribution is 2.30. The maximum Gasteiger partial charge on any atom is 0.174 e. The Morgan fingerprint density at radius 3 is 1.65 bits per heavy atom. The van der Waals surface area contributed by atoms with Crippen molar-refractivity contribution < 1.29 is 0 Å². The molecule has 0 bridgehead atoms. The number of benzene rings is 1. The Morgan fingerprint density at radius 1 is 0.750 bits per heavy atom. The van der Waals surface area contributed by atoms with Crippen LogP contribution in [0, 0.1) is 0 Å². The lowest BCUT2D eigenvalue weighted by Crippen LogP contribution is -2.22. The van der Waals surface area contributed by atoms with E-state index >= 15 is 0 Å². The van der Waals surface area contributed by atoms with E-state index in [-0.39, 0.29) is 0 Å². The van der Waals surface area contributed by atoms with E-state index in [0.29, 0.717) is 6.71 Å². The Morgan fingerprint density at radius 2 is 1.25 bits per heavy atom. The van der Waals surface area contributed by atoms with Gasteiger partial charge in [0, 0.05) is 0 Å². The highest BCUT2D eigenvalue weighted by Gasteiger charge is 2.24. The van der Waals surface area contributed by atoms with Gasteiger partial charge in [-0.3, -0.25) is 0 Å². The third kappa shape index (κ3) is 4.04. The quantitative estimate of drug-likeness (QED) is 0.507. The van der Waals surface area contributed by atoms with Gasteiger partial charge in [0.15, 0.2) is 13.4 Å². The molecular weight excluding hydrogens is 238 g/mol. The third-order valence-electron chi connectivity index (χ3n) is 4.68. The minimum Gasteiger partial charge on any atom is -0.106 e. The van der Waals surface area contributed by atoms with Gasteiger partial charge < -0.3 is 0 Å². The summed E-state index contributed by atoms with van der Waals surface area (Å²) in [6, 6.07) is 11.1. The molecule has 0 nitrogen and oxygen atoms in total. The molecule has 0 unspecified atom stereocenters. The Hall–Kier alpha value is -0.910. The molecule has 0 radical (unpaired) electrons. The number of hydrogen-bond donors (Lipinski definition) is 0. The van der Waals surface area contributed by atoms with E-state index in [9.17, 15) is 0 Å². The van der Waals surface area contributed by atoms with Crippen molar-refractivity contribution in [2.45, 2.75) is 66.3 Å². The molecule has 0 saturated carbocycles. The summed E-state index contributed by atoms with van der Waals surface area (Å²) in [5.74, 6) is 0. The lowest BCUT2D eigenvalue weighted by atomic mass is 9.31. The second-order valence-corrected chi connectivity index (χ2v) is 5.69. The predicted octanol–water partition coefficient (Wildman–Crippen LogP) is 6.00. The molecule has 0 fully saturated rings. The highest BCUT2D eigenvalue weighted by molar-refractivity contribution is 6.83. The summed E-state index contributed by atoms with van der Waals surface area (Å²) >= 11 is 0. The minimum atomic E-state index is 0.702. The molecule has 0 saturated heterocycles. The maximum atomic E-state index is 2.33. The van der Waals surface area contributed by atoms with Gasteiger partial charge in [-0.25, -0.2) is 0 Å². The van der Waals surface area contributed by atoms with Crippen molar-refractivity contribution >= 4 is 18.9 Å². The van der Waals surface area contributed by atoms with Crippen molar-refractivity contribution in [3.63, 3.8) is 0 Å². The molecule has 0 aromatic heterocycles. The number of rotatable bonds is 8. The average Bonchev–Trinajstić information content (AvgIpc) is 2.51. The van der Waals surface area contributed by atoms with E-state index in [2.05, 4.69) is 65.0 Å². The van der Waals surface area contributed by atoms with Crippen LogP contribution in [-0.4, -0.2) is 13.4 Å². The zero-order valence-electron chi connectivity index (χ0n) is 14.1. The van der Waals surface area contributed by atoms with Gasteiger partial charge in [0.1, 0.15) is 0 Å². The van der Waals surface area contributed by atoms with Crippen LogP contribution in [0.5, 0.6) is 0 Å². The van der Waals surface area contributed by atoms with Crippen LogP contribution in [0.25, 0.3) is 5.47 Å². The van der Waals surface area contributed by atoms with Crippen LogP contribution in [-0.2, 0) is 0 Å². The van der Waals surface area contributed by atoms with E-state index in [4.69, 9.17) is 0 Å². The zero-order chi connectivity index (χ0) is 15.0. The van der Waals surface area contributed by atoms with Crippen molar-refractivity contribution in [1.82, 2.24) is 0 Å². The smallest absolute Gasteiger partial charge is 0.106 e. The first-order chi connectivity index (χ1) is 9.73. The second-order valence-electron chi connectivity index (χ2n) is 5.69. The van der Waals surface area contributed by atoms with E-state index in [1.54, 1.807) is 10.9 Å². The lowest BCUT2D eigenvalue weighted by molar-refractivity contribution is 1.15. The first-order valence-corrected chi connectivity index (χ1v) is 8.51. The van der Waals surface area contributed by atoms with E-state index < -0.39 is 0 Å². The van der Waals surface area contributed by atoms with Gasteiger partial charge in [-0.15, -0.1) is 5.47 Å². The molecule has 0 amide bonds. The van der Waals surface area contributed by atoms with E-state index in [0.717, 1.165) is 6.71 Å². The van der Waals surface area contributed by atoms with Gasteiger partial charge in [-0.1, -0.05) is 95.7 Å². The fraction of sp³-hybridized carbons (Fsp3) is 0.556. The SMILES string of the molecule is CCB(CC)/C(CC)=C(\B(CC)CC)c1ccccc1. The summed E-state index contributed by atoms with van der Waals surface area (Å²) in [7, 11) is 0. The molecule has 1 rings (SSSR count). The van der Waals surface area contributed by atoms with Crippen molar-refractivity contribution in [1.29, 1.82) is 0 Å². The fourth-order valence-electron chi connectivity index (χ4n) is 3.48. The average molecular weight is 268 g/mol. The van der Waals surface area contributed by atoms with Crippen LogP contribution in [0.15, 0.2) is 35.8 Å². The Labute approximate surface area is 127 Å². The van der Waals surface area contributed by atoms with Crippen LogP contribution in [0.1, 0.15) is 46.6 Å². The van der Waals surface area contributed by atoms with Crippen LogP contribution in [0.3, 0.4) is 0 Å². The monoisotopic (exact) mass is 268 g/mol. The molecule has 20 heavy (non-hydrogen) atoms. The summed E-state index contributed by atoms with van der Waals surface area (Å²) in [6.45, 7) is 13.1. The Kier molecular flexibility index (Phi) is 7.80. The van der Waals surface area contributed by atoms with Crippen LogP contribution < -0.4 is 0 Å². The molecule has 2 heteroatoms. The zero-order valence-corrected chi connectivity index (χ0v) is 14.1. The van der Waals surface area contributed by atoms with Crippen molar-refractivity contribution in [2.24, 2.45) is 0 Å². The van der Waals surface area contributed by atoms with E-state index in [1.165, 1.54) is 37.3 Å². The first kappa shape index (κ1) is 17.1. The van der Waals surface area contributed by atoms with Gasteiger partial charge in [-0.05, 0) is 12.0 Å². The van der Waals surface area contributed by atoms with Crippen LogP contribution >= 0.6 is 0 Å². The van der Waals surface area contributed by atoms with Crippen molar-refractivity contribution in [3.8, 4) is 0 Å². The molecule has 0 atom stereocenters. The molecule has 1 aromatic carbocycles. The predicted molar refractivity (Wildman–Crippen MR) is 97.1 cm³/mol. The number of hydrogen-bond acceptors (Lipinski definition) is 0. The van der Waals surface area contributed by atoms with Crippen molar-refractivity contribution in [3.05, 3.63) is 41.4 Å². The summed E-state index contributed by atoms with van der Waals surface area (Å²) in [5.41, 5.74) is 4.80. The van der Waals surface area contributed by atoms with Crippen LogP contribution in [0.4, 0.5) is 0 Å². The minimum absolute atomic E-state index is 0.702. The van der Waals surface area contributed by atoms with Crippen LogP contribution in [0.2, 0.25) is 25.3 Å². The molecule has 0 aliphatic carbocycles. The molecule has 0 aliphatic rings. The van der Waals surface area contributed by atoms with E-state index in [1.807, 2.05) is 0 Å². The summed E-state index contributed by atoms with van der Waals surface area (Å²) in [4.78, 5) is 0. The first-order valence-electron chi connectivity index (χ1n) is 8.51. The lowest BCUT2D eigenvalue weighted by Gasteiger charge is -2.24. The summed E-state index contributed by atoms with van der Waals surface area (Å²) in [5, 5.41) is 0. The normalized spacial score (nSPS) is 12.1. The van der Waals surface area contributed by atoms with Gasteiger partial charge in [0.25, 0.3) is 0 Å². The van der Waals surface area contributed by atoms with Gasteiger partial charge in [0.05, 0.1) is 0 Å². The molecule has 1 aromatic rings. The largest absolute Gasteiger partial charge is 0.174 e. The van der Waals surface area contributed by atoms with Gasteiger partial charge >= 0.3 is 0 Å². The highest BCUT2D eigenvalue weighted by atomic mass is 14.0. The standard InChI is InChI=1S/C18H30B2/c1-6-17(19(7-2)8-3)18(20(9-4)10-5)16-14-12-11-13-15-16/h11-15H,6-10H2,1-5H3/b18-17-.